The molecule has 0 aromatic rings. The summed E-state index contributed by atoms with van der Waals surface area (Å²) < 4.78 is 16.9. The third-order valence-corrected chi connectivity index (χ3v) is 14.4. The van der Waals surface area contributed by atoms with Gasteiger partial charge in [-0.25, -0.2) is 0 Å². The van der Waals surface area contributed by atoms with Gasteiger partial charge in [-0.1, -0.05) is 311 Å². The molecule has 6 heteroatoms. The van der Waals surface area contributed by atoms with E-state index in [2.05, 4.69) is 41.5 Å². The summed E-state index contributed by atoms with van der Waals surface area (Å²) in [5.74, 6) is 1.69. The number of ether oxygens (including phenoxy) is 3. The maximum atomic E-state index is 12.9. The van der Waals surface area contributed by atoms with Gasteiger partial charge in [0.15, 0.2) is 6.10 Å². The van der Waals surface area contributed by atoms with Gasteiger partial charge in [0, 0.05) is 19.3 Å². The van der Waals surface area contributed by atoms with Gasteiger partial charge >= 0.3 is 17.9 Å². The molecule has 6 nitrogen and oxygen atoms in total. The summed E-state index contributed by atoms with van der Waals surface area (Å²) in [6.07, 6.45) is 58.1. The second kappa shape index (κ2) is 54.2. The van der Waals surface area contributed by atoms with Gasteiger partial charge < -0.3 is 14.2 Å². The Balaban J connectivity index is 4.28. The highest BCUT2D eigenvalue weighted by molar-refractivity contribution is 5.71. The summed E-state index contributed by atoms with van der Waals surface area (Å²) in [6, 6.07) is 0. The van der Waals surface area contributed by atoms with Gasteiger partial charge in [-0.05, 0) is 37.0 Å². The third kappa shape index (κ3) is 57.2. The number of rotatable bonds is 56. The predicted molar refractivity (Wildman–Crippen MR) is 298 cm³/mol. The van der Waals surface area contributed by atoms with E-state index in [0.717, 1.165) is 75.5 Å². The second-order valence-electron chi connectivity index (χ2n) is 23.1. The van der Waals surface area contributed by atoms with Crippen molar-refractivity contribution in [2.45, 2.75) is 356 Å². The maximum Gasteiger partial charge on any atom is 0.306 e. The molecule has 0 saturated heterocycles. The molecule has 0 aliphatic carbocycles. The number of unbranched alkanes of at least 4 members (excludes halogenated alkanes) is 39. The molecule has 0 aromatic heterocycles. The molecule has 0 heterocycles. The molecular formula is C63H122O6. The molecule has 1 atom stereocenters. The van der Waals surface area contributed by atoms with E-state index in [9.17, 15) is 14.4 Å². The highest BCUT2D eigenvalue weighted by atomic mass is 16.6. The van der Waals surface area contributed by atoms with Crippen LogP contribution in [0.4, 0.5) is 0 Å². The Labute approximate surface area is 431 Å². The van der Waals surface area contributed by atoms with E-state index >= 15 is 0 Å². The summed E-state index contributed by atoms with van der Waals surface area (Å²) in [4.78, 5) is 38.3. The third-order valence-electron chi connectivity index (χ3n) is 14.4. The van der Waals surface area contributed by atoms with Crippen LogP contribution in [0.25, 0.3) is 0 Å². The van der Waals surface area contributed by atoms with Crippen molar-refractivity contribution in [3.05, 3.63) is 0 Å². The van der Waals surface area contributed by atoms with E-state index in [-0.39, 0.29) is 31.1 Å². The summed E-state index contributed by atoms with van der Waals surface area (Å²) in [6.45, 7) is 13.8. The number of hydrogen-bond donors (Lipinski definition) is 0. The fraction of sp³-hybridized carbons (Fsp3) is 0.952. The van der Waals surface area contributed by atoms with Gasteiger partial charge in [-0.2, -0.15) is 0 Å². The number of carbonyl (C=O) groups is 3. The molecule has 0 fully saturated rings. The Kier molecular flexibility index (Phi) is 52.9. The van der Waals surface area contributed by atoms with E-state index in [1.165, 1.54) is 231 Å². The van der Waals surface area contributed by atoms with Gasteiger partial charge in [0.05, 0.1) is 0 Å². The van der Waals surface area contributed by atoms with Crippen molar-refractivity contribution in [3.63, 3.8) is 0 Å². The van der Waals surface area contributed by atoms with Crippen LogP contribution in [0.3, 0.4) is 0 Å². The summed E-state index contributed by atoms with van der Waals surface area (Å²) in [5.41, 5.74) is 0. The number of esters is 3. The van der Waals surface area contributed by atoms with Crippen molar-refractivity contribution in [2.24, 2.45) is 17.8 Å². The van der Waals surface area contributed by atoms with Crippen LogP contribution in [0.5, 0.6) is 0 Å². The van der Waals surface area contributed by atoms with Crippen molar-refractivity contribution >= 4 is 17.9 Å². The van der Waals surface area contributed by atoms with Crippen molar-refractivity contribution in [3.8, 4) is 0 Å². The van der Waals surface area contributed by atoms with Gasteiger partial charge in [0.2, 0.25) is 0 Å². The van der Waals surface area contributed by atoms with Crippen LogP contribution in [0.1, 0.15) is 350 Å². The molecule has 0 unspecified atom stereocenters. The predicted octanol–water partition coefficient (Wildman–Crippen LogP) is 20.7. The van der Waals surface area contributed by atoms with Crippen LogP contribution in [0.15, 0.2) is 0 Å². The molecule has 0 N–H and O–H groups in total. The fourth-order valence-electron chi connectivity index (χ4n) is 9.71. The normalized spacial score (nSPS) is 12.1. The van der Waals surface area contributed by atoms with Crippen LogP contribution in [-0.4, -0.2) is 37.2 Å². The smallest absolute Gasteiger partial charge is 0.306 e. The summed E-state index contributed by atoms with van der Waals surface area (Å²) >= 11 is 0. The van der Waals surface area contributed by atoms with Gasteiger partial charge in [-0.15, -0.1) is 0 Å². The molecule has 0 radical (unpaired) electrons. The molecule has 0 bridgehead atoms. The molecule has 0 aromatic carbocycles. The topological polar surface area (TPSA) is 78.9 Å². The Morgan fingerprint density at radius 2 is 0.420 bits per heavy atom. The van der Waals surface area contributed by atoms with Crippen molar-refractivity contribution < 1.29 is 28.6 Å². The minimum Gasteiger partial charge on any atom is -0.462 e. The van der Waals surface area contributed by atoms with Crippen LogP contribution < -0.4 is 0 Å². The quantitative estimate of drug-likeness (QED) is 0.0343. The summed E-state index contributed by atoms with van der Waals surface area (Å²) in [5, 5.41) is 0. The maximum absolute atomic E-state index is 12.9. The van der Waals surface area contributed by atoms with Gasteiger partial charge in [0.25, 0.3) is 0 Å². The first-order valence-electron chi connectivity index (χ1n) is 31.1. The van der Waals surface area contributed by atoms with Crippen LogP contribution in [0, 0.1) is 17.8 Å². The second-order valence-corrected chi connectivity index (χ2v) is 23.1. The summed E-state index contributed by atoms with van der Waals surface area (Å²) in [7, 11) is 0. The fourth-order valence-corrected chi connectivity index (χ4v) is 9.71. The standard InChI is InChI=1S/C63H122O6/c1-57(2)49-43-37-31-25-19-13-9-7-8-10-15-22-28-34-40-46-52-61(64)67-55-60(69-63(66)54-48-42-36-30-24-18-17-21-27-33-39-45-51-59(5)6)56-68-62(65)53-47-41-35-29-23-16-12-11-14-20-26-32-38-44-50-58(3)4/h57-60H,7-56H2,1-6H3/t60-/m1/s1. The zero-order valence-electron chi connectivity index (χ0n) is 47.6. The van der Waals surface area contributed by atoms with Crippen molar-refractivity contribution in [2.75, 3.05) is 13.2 Å². The minimum atomic E-state index is -0.764. The Morgan fingerprint density at radius 3 is 0.623 bits per heavy atom. The first-order chi connectivity index (χ1) is 33.6. The Morgan fingerprint density at radius 1 is 0.246 bits per heavy atom. The molecule has 0 amide bonds. The first kappa shape index (κ1) is 67.4. The molecule has 0 aliphatic heterocycles. The monoisotopic (exact) mass is 975 g/mol. The molecule has 69 heavy (non-hydrogen) atoms. The van der Waals surface area contributed by atoms with Gasteiger partial charge in [-0.3, -0.25) is 14.4 Å². The highest BCUT2D eigenvalue weighted by Gasteiger charge is 2.19. The zero-order chi connectivity index (χ0) is 50.5. The Hall–Kier alpha value is -1.59. The lowest BCUT2D eigenvalue weighted by molar-refractivity contribution is -0.167. The van der Waals surface area contributed by atoms with E-state index in [1.807, 2.05) is 0 Å². The SMILES string of the molecule is CC(C)CCCCCCCCCCCCCCCCCCC(=O)OC[C@H](COC(=O)CCCCCCCCCCCCCCCCC(C)C)OC(=O)CCCCCCCCCCCCCCC(C)C. The number of hydrogen-bond acceptors (Lipinski definition) is 6. The average Bonchev–Trinajstić information content (AvgIpc) is 3.31. The molecule has 0 aliphatic rings. The van der Waals surface area contributed by atoms with E-state index in [0.29, 0.717) is 19.3 Å². The molecule has 410 valence electrons. The van der Waals surface area contributed by atoms with Crippen LogP contribution in [0.2, 0.25) is 0 Å². The zero-order valence-corrected chi connectivity index (χ0v) is 47.6. The number of carbonyl (C=O) groups excluding carboxylic acids is 3. The largest absolute Gasteiger partial charge is 0.462 e. The van der Waals surface area contributed by atoms with E-state index in [4.69, 9.17) is 14.2 Å². The minimum absolute atomic E-state index is 0.0628. The molecule has 0 rings (SSSR count). The first-order valence-corrected chi connectivity index (χ1v) is 31.1. The van der Waals surface area contributed by atoms with Crippen molar-refractivity contribution in [1.29, 1.82) is 0 Å². The van der Waals surface area contributed by atoms with Crippen LogP contribution in [-0.2, 0) is 28.6 Å². The molecular weight excluding hydrogens is 853 g/mol. The van der Waals surface area contributed by atoms with E-state index in [1.54, 1.807) is 0 Å². The van der Waals surface area contributed by atoms with Crippen molar-refractivity contribution in [1.82, 2.24) is 0 Å². The highest BCUT2D eigenvalue weighted by Crippen LogP contribution is 2.19. The lowest BCUT2D eigenvalue weighted by Gasteiger charge is -2.18. The van der Waals surface area contributed by atoms with Gasteiger partial charge in [0.1, 0.15) is 13.2 Å². The van der Waals surface area contributed by atoms with E-state index < -0.39 is 6.10 Å². The molecule has 0 spiro atoms. The lowest BCUT2D eigenvalue weighted by atomic mass is 10.0. The van der Waals surface area contributed by atoms with Crippen LogP contribution >= 0.6 is 0 Å². The average molecular weight is 976 g/mol. The Bertz CT molecular complexity index is 1070. The molecule has 0 saturated carbocycles. The lowest BCUT2D eigenvalue weighted by Crippen LogP contribution is -2.30.